The third-order valence-electron chi connectivity index (χ3n) is 9.28. The van der Waals surface area contributed by atoms with Crippen molar-refractivity contribution in [2.75, 3.05) is 0 Å². The third kappa shape index (κ3) is 6.12. The van der Waals surface area contributed by atoms with Gasteiger partial charge in [0.15, 0.2) is 17.5 Å². The van der Waals surface area contributed by atoms with Crippen LogP contribution >= 0.6 is 0 Å². The highest BCUT2D eigenvalue weighted by Crippen LogP contribution is 2.37. The van der Waals surface area contributed by atoms with Crippen LogP contribution in [0.5, 0.6) is 0 Å². The summed E-state index contributed by atoms with van der Waals surface area (Å²) in [5, 5.41) is 2.34. The number of nitrogens with zero attached hydrogens (tertiary/aromatic N) is 5. The molecule has 5 nitrogen and oxygen atoms in total. The zero-order chi connectivity index (χ0) is 34.7. The molecule has 3 heterocycles. The van der Waals surface area contributed by atoms with Gasteiger partial charge < -0.3 is 0 Å². The Hall–Kier alpha value is -7.11. The first kappa shape index (κ1) is 30.9. The number of rotatable bonds is 7. The molecule has 0 saturated heterocycles. The number of hydrogen-bond acceptors (Lipinski definition) is 5. The third-order valence-corrected chi connectivity index (χ3v) is 9.28. The fraction of sp³-hybridized carbons (Fsp3) is 0. The minimum atomic E-state index is 0.627. The molecule has 52 heavy (non-hydrogen) atoms. The fourth-order valence-electron chi connectivity index (χ4n) is 6.64. The molecule has 0 amide bonds. The van der Waals surface area contributed by atoms with E-state index in [0.29, 0.717) is 17.5 Å². The van der Waals surface area contributed by atoms with Crippen molar-refractivity contribution in [1.29, 1.82) is 0 Å². The van der Waals surface area contributed by atoms with Crippen molar-refractivity contribution in [2.24, 2.45) is 0 Å². The molecule has 0 aliphatic carbocycles. The van der Waals surface area contributed by atoms with Crippen LogP contribution in [0.1, 0.15) is 0 Å². The molecule has 0 bridgehead atoms. The number of aromatic nitrogens is 5. The van der Waals surface area contributed by atoms with Gasteiger partial charge in [-0.25, -0.2) is 15.0 Å². The largest absolute Gasteiger partial charge is 0.255 e. The van der Waals surface area contributed by atoms with Gasteiger partial charge in [-0.2, -0.15) is 0 Å². The van der Waals surface area contributed by atoms with Gasteiger partial charge in [0.2, 0.25) is 0 Å². The standard InChI is InChI=1S/C47H31N5/c1-3-12-32(13-4-1)36-16-11-17-37(30-36)47-51-45(34-14-5-2-6-15-34)50-46(52-47)35-23-21-33(22-24-35)39-26-27-40(42-19-8-7-18-41(39)42)38-25-28-44(49-31-38)43-20-9-10-29-48-43/h1-31H. The molecule has 5 heteroatoms. The maximum absolute atomic E-state index is 5.03. The Morgan fingerprint density at radius 2 is 0.788 bits per heavy atom. The summed E-state index contributed by atoms with van der Waals surface area (Å²) in [5.41, 5.74) is 11.2. The summed E-state index contributed by atoms with van der Waals surface area (Å²) in [6, 6.07) is 60.3. The second-order valence-corrected chi connectivity index (χ2v) is 12.5. The predicted octanol–water partition coefficient (Wildman–Crippen LogP) is 11.5. The lowest BCUT2D eigenvalue weighted by atomic mass is 9.92. The van der Waals surface area contributed by atoms with Crippen molar-refractivity contribution in [2.45, 2.75) is 0 Å². The average molecular weight is 666 g/mol. The summed E-state index contributed by atoms with van der Waals surface area (Å²) >= 11 is 0. The van der Waals surface area contributed by atoms with Crippen LogP contribution in [-0.4, -0.2) is 24.9 Å². The first-order valence-electron chi connectivity index (χ1n) is 17.2. The van der Waals surface area contributed by atoms with Crippen molar-refractivity contribution >= 4 is 10.8 Å². The molecule has 9 aromatic rings. The average Bonchev–Trinajstić information content (AvgIpc) is 3.24. The lowest BCUT2D eigenvalue weighted by Crippen LogP contribution is -2.00. The summed E-state index contributed by atoms with van der Waals surface area (Å²) in [7, 11) is 0. The summed E-state index contributed by atoms with van der Waals surface area (Å²) < 4.78 is 0. The van der Waals surface area contributed by atoms with Gasteiger partial charge in [0.05, 0.1) is 11.4 Å². The Morgan fingerprint density at radius 3 is 1.42 bits per heavy atom. The molecule has 0 aliphatic heterocycles. The van der Waals surface area contributed by atoms with Crippen LogP contribution in [0.15, 0.2) is 188 Å². The molecule has 6 aromatic carbocycles. The molecular weight excluding hydrogens is 635 g/mol. The lowest BCUT2D eigenvalue weighted by Gasteiger charge is -2.13. The molecule has 0 N–H and O–H groups in total. The highest BCUT2D eigenvalue weighted by atomic mass is 15.0. The van der Waals surface area contributed by atoms with Gasteiger partial charge in [-0.1, -0.05) is 152 Å². The number of benzene rings is 6. The molecule has 0 aliphatic rings. The first-order chi connectivity index (χ1) is 25.8. The minimum absolute atomic E-state index is 0.627. The summed E-state index contributed by atoms with van der Waals surface area (Å²) in [6.45, 7) is 0. The van der Waals surface area contributed by atoms with Crippen LogP contribution in [0.4, 0.5) is 0 Å². The van der Waals surface area contributed by atoms with Crippen LogP contribution in [0.25, 0.3) is 89.7 Å². The van der Waals surface area contributed by atoms with Crippen molar-refractivity contribution in [3.63, 3.8) is 0 Å². The quantitative estimate of drug-likeness (QED) is 0.169. The van der Waals surface area contributed by atoms with Crippen molar-refractivity contribution < 1.29 is 0 Å². The van der Waals surface area contributed by atoms with Crippen LogP contribution in [0.2, 0.25) is 0 Å². The van der Waals surface area contributed by atoms with Gasteiger partial charge in [0, 0.05) is 34.6 Å². The SMILES string of the molecule is c1ccc(-c2cccc(-c3nc(-c4ccccc4)nc(-c4ccc(-c5ccc(-c6ccc(-c7ccccn7)nc6)c6ccccc56)cc4)n3)c2)cc1. The molecule has 0 spiro atoms. The predicted molar refractivity (Wildman–Crippen MR) is 211 cm³/mol. The Bertz CT molecular complexity index is 2640. The minimum Gasteiger partial charge on any atom is -0.255 e. The number of fused-ring (bicyclic) bond motifs is 1. The highest BCUT2D eigenvalue weighted by Gasteiger charge is 2.15. The molecule has 0 atom stereocenters. The maximum Gasteiger partial charge on any atom is 0.164 e. The zero-order valence-electron chi connectivity index (χ0n) is 28.1. The number of hydrogen-bond donors (Lipinski definition) is 0. The Morgan fingerprint density at radius 1 is 0.288 bits per heavy atom. The Labute approximate surface area is 302 Å². The first-order valence-corrected chi connectivity index (χ1v) is 17.2. The summed E-state index contributed by atoms with van der Waals surface area (Å²) in [6.07, 6.45) is 3.73. The van der Waals surface area contributed by atoms with E-state index in [0.717, 1.165) is 61.5 Å². The lowest BCUT2D eigenvalue weighted by molar-refractivity contribution is 1.07. The molecule has 3 aromatic heterocycles. The van der Waals surface area contributed by atoms with Gasteiger partial charge in [-0.05, 0) is 62.9 Å². The van der Waals surface area contributed by atoms with Crippen LogP contribution in [0, 0.1) is 0 Å². The monoisotopic (exact) mass is 665 g/mol. The normalized spacial score (nSPS) is 11.1. The molecule has 244 valence electrons. The highest BCUT2D eigenvalue weighted by molar-refractivity contribution is 6.05. The van der Waals surface area contributed by atoms with Gasteiger partial charge >= 0.3 is 0 Å². The van der Waals surface area contributed by atoms with Crippen LogP contribution in [-0.2, 0) is 0 Å². The number of pyridine rings is 2. The smallest absolute Gasteiger partial charge is 0.164 e. The fourth-order valence-corrected chi connectivity index (χ4v) is 6.64. The van der Waals surface area contributed by atoms with E-state index in [1.807, 2.05) is 66.9 Å². The topological polar surface area (TPSA) is 64.5 Å². The van der Waals surface area contributed by atoms with E-state index in [-0.39, 0.29) is 0 Å². The molecule has 0 unspecified atom stereocenters. The van der Waals surface area contributed by atoms with Gasteiger partial charge in [-0.15, -0.1) is 0 Å². The van der Waals surface area contributed by atoms with E-state index >= 15 is 0 Å². The Balaban J connectivity index is 1.08. The van der Waals surface area contributed by atoms with E-state index < -0.39 is 0 Å². The zero-order valence-corrected chi connectivity index (χ0v) is 28.1. The summed E-state index contributed by atoms with van der Waals surface area (Å²) in [5.74, 6) is 1.90. The maximum atomic E-state index is 5.03. The molecule has 9 rings (SSSR count). The summed E-state index contributed by atoms with van der Waals surface area (Å²) in [4.78, 5) is 24.1. The molecule has 0 radical (unpaired) electrons. The molecule has 0 saturated carbocycles. The van der Waals surface area contributed by atoms with E-state index in [2.05, 4.69) is 120 Å². The second-order valence-electron chi connectivity index (χ2n) is 12.5. The van der Waals surface area contributed by atoms with Crippen molar-refractivity contribution in [3.05, 3.63) is 188 Å². The van der Waals surface area contributed by atoms with Crippen molar-refractivity contribution in [1.82, 2.24) is 24.9 Å². The van der Waals surface area contributed by atoms with E-state index in [1.165, 1.54) is 10.8 Å². The van der Waals surface area contributed by atoms with Gasteiger partial charge in [0.1, 0.15) is 0 Å². The van der Waals surface area contributed by atoms with E-state index in [4.69, 9.17) is 19.9 Å². The van der Waals surface area contributed by atoms with Gasteiger partial charge in [-0.3, -0.25) is 9.97 Å². The van der Waals surface area contributed by atoms with Gasteiger partial charge in [0.25, 0.3) is 0 Å². The Kier molecular flexibility index (Phi) is 8.12. The van der Waals surface area contributed by atoms with Crippen molar-refractivity contribution in [3.8, 4) is 78.9 Å². The van der Waals surface area contributed by atoms with Crippen LogP contribution < -0.4 is 0 Å². The van der Waals surface area contributed by atoms with Crippen LogP contribution in [0.3, 0.4) is 0 Å². The second kappa shape index (κ2) is 13.7. The van der Waals surface area contributed by atoms with E-state index in [1.54, 1.807) is 6.20 Å². The molecule has 0 fully saturated rings. The molecular formula is C47H31N5. The van der Waals surface area contributed by atoms with E-state index in [9.17, 15) is 0 Å².